The monoisotopic (exact) mass is 462 g/mol. The average Bonchev–Trinajstić information content (AvgIpc) is 3.54. The van der Waals surface area contributed by atoms with Crippen molar-refractivity contribution in [3.8, 4) is 5.69 Å². The normalized spacial score (nSPS) is 13.1. The highest BCUT2D eigenvalue weighted by molar-refractivity contribution is 6.04. The van der Waals surface area contributed by atoms with Gasteiger partial charge >= 0.3 is 12.1 Å². The maximum atomic E-state index is 12.5. The van der Waals surface area contributed by atoms with E-state index >= 15 is 0 Å². The zero-order valence-corrected chi connectivity index (χ0v) is 17.8. The third kappa shape index (κ3) is 5.88. The highest BCUT2D eigenvalue weighted by Gasteiger charge is 2.38. The highest BCUT2D eigenvalue weighted by Crippen LogP contribution is 2.33. The molecule has 0 unspecified atom stereocenters. The SMILES string of the molecule is Cc1ncn(-c2ccc(NC(=O)c3ccc(=O)n(C4CC4)c3)cc2)c1C.O=C(O)C(F)(F)F. The van der Waals surface area contributed by atoms with Gasteiger partial charge in [0.05, 0.1) is 17.6 Å². The molecule has 8 nitrogen and oxygen atoms in total. The van der Waals surface area contributed by atoms with E-state index in [4.69, 9.17) is 9.90 Å². The number of aliphatic carboxylic acids is 1. The number of aromatic nitrogens is 3. The molecule has 0 atom stereocenters. The van der Waals surface area contributed by atoms with Crippen molar-refractivity contribution in [3.05, 3.63) is 76.2 Å². The smallest absolute Gasteiger partial charge is 0.475 e. The Morgan fingerprint density at radius 2 is 1.70 bits per heavy atom. The number of alkyl halides is 3. The minimum absolute atomic E-state index is 0.0561. The molecule has 174 valence electrons. The van der Waals surface area contributed by atoms with E-state index in [1.807, 2.05) is 42.7 Å². The zero-order valence-electron chi connectivity index (χ0n) is 17.8. The standard InChI is InChI=1S/C20H20N4O2.C2HF3O2/c1-13-14(2)24(12-21-13)18-6-4-16(5-7-18)22-20(26)15-3-10-19(25)23(11-15)17-8-9-17;3-2(4,5)1(6)7/h3-7,10-12,17H,8-9H2,1-2H3,(H,22,26);(H,6,7). The van der Waals surface area contributed by atoms with Gasteiger partial charge in [-0.15, -0.1) is 0 Å². The van der Waals surface area contributed by atoms with Gasteiger partial charge in [0.15, 0.2) is 0 Å². The van der Waals surface area contributed by atoms with Crippen LogP contribution in [0.3, 0.4) is 0 Å². The van der Waals surface area contributed by atoms with Crippen LogP contribution in [0.2, 0.25) is 0 Å². The minimum Gasteiger partial charge on any atom is -0.475 e. The third-order valence-corrected chi connectivity index (χ3v) is 5.04. The van der Waals surface area contributed by atoms with Gasteiger partial charge in [-0.1, -0.05) is 0 Å². The number of halogens is 3. The van der Waals surface area contributed by atoms with Crippen LogP contribution in [0, 0.1) is 13.8 Å². The second-order valence-corrected chi connectivity index (χ2v) is 7.48. The van der Waals surface area contributed by atoms with Gasteiger partial charge in [-0.2, -0.15) is 13.2 Å². The van der Waals surface area contributed by atoms with E-state index in [0.29, 0.717) is 11.3 Å². The van der Waals surface area contributed by atoms with Gasteiger partial charge in [-0.25, -0.2) is 9.78 Å². The molecule has 4 rings (SSSR count). The first-order valence-electron chi connectivity index (χ1n) is 9.92. The Hall–Kier alpha value is -3.89. The van der Waals surface area contributed by atoms with Crippen molar-refractivity contribution in [1.82, 2.24) is 14.1 Å². The summed E-state index contributed by atoms with van der Waals surface area (Å²) in [7, 11) is 0. The van der Waals surface area contributed by atoms with E-state index in [1.54, 1.807) is 23.2 Å². The number of nitrogens with one attached hydrogen (secondary N) is 1. The molecule has 0 spiro atoms. The van der Waals surface area contributed by atoms with Gasteiger partial charge in [0.1, 0.15) is 0 Å². The quantitative estimate of drug-likeness (QED) is 0.612. The van der Waals surface area contributed by atoms with Gasteiger partial charge in [-0.05, 0) is 57.0 Å². The van der Waals surface area contributed by atoms with Crippen molar-refractivity contribution in [2.24, 2.45) is 0 Å². The van der Waals surface area contributed by atoms with Crippen LogP contribution in [0.25, 0.3) is 5.69 Å². The van der Waals surface area contributed by atoms with E-state index in [0.717, 1.165) is 29.9 Å². The van der Waals surface area contributed by atoms with Gasteiger partial charge in [-0.3, -0.25) is 9.59 Å². The summed E-state index contributed by atoms with van der Waals surface area (Å²) in [5.41, 5.74) is 4.21. The van der Waals surface area contributed by atoms with Crippen LogP contribution >= 0.6 is 0 Å². The van der Waals surface area contributed by atoms with Crippen LogP contribution in [0.1, 0.15) is 40.6 Å². The lowest BCUT2D eigenvalue weighted by Crippen LogP contribution is -2.21. The minimum atomic E-state index is -5.08. The van der Waals surface area contributed by atoms with Crippen molar-refractivity contribution in [1.29, 1.82) is 0 Å². The molecule has 1 aliphatic rings. The molecule has 2 N–H and O–H groups in total. The molecular weight excluding hydrogens is 441 g/mol. The van der Waals surface area contributed by atoms with Crippen LogP contribution in [0.4, 0.5) is 18.9 Å². The number of nitrogens with zero attached hydrogens (tertiary/aromatic N) is 3. The number of anilines is 1. The van der Waals surface area contributed by atoms with Crippen LogP contribution in [-0.4, -0.2) is 37.3 Å². The van der Waals surface area contributed by atoms with E-state index < -0.39 is 12.1 Å². The van der Waals surface area contributed by atoms with Crippen LogP contribution in [0.5, 0.6) is 0 Å². The molecule has 2 heterocycles. The number of amides is 1. The number of hydrogen-bond donors (Lipinski definition) is 2. The van der Waals surface area contributed by atoms with E-state index in [1.165, 1.54) is 6.07 Å². The molecule has 1 amide bonds. The second kappa shape index (κ2) is 9.31. The largest absolute Gasteiger partial charge is 0.490 e. The molecule has 33 heavy (non-hydrogen) atoms. The summed E-state index contributed by atoms with van der Waals surface area (Å²) >= 11 is 0. The first-order valence-corrected chi connectivity index (χ1v) is 9.92. The Labute approximate surface area is 186 Å². The lowest BCUT2D eigenvalue weighted by Gasteiger charge is -2.10. The molecule has 0 saturated heterocycles. The Bertz CT molecular complexity index is 1230. The average molecular weight is 462 g/mol. The Morgan fingerprint density at radius 3 is 2.18 bits per heavy atom. The van der Waals surface area contributed by atoms with Crippen molar-refractivity contribution in [3.63, 3.8) is 0 Å². The van der Waals surface area contributed by atoms with Gasteiger partial charge in [0.2, 0.25) is 0 Å². The zero-order chi connectivity index (χ0) is 24.3. The fourth-order valence-electron chi connectivity index (χ4n) is 2.94. The molecule has 1 fully saturated rings. The number of imidazole rings is 1. The summed E-state index contributed by atoms with van der Waals surface area (Å²) in [6.07, 6.45) is 0.361. The molecule has 1 aromatic carbocycles. The second-order valence-electron chi connectivity index (χ2n) is 7.48. The number of carboxylic acids is 1. The molecule has 3 aromatic rings. The van der Waals surface area contributed by atoms with Crippen molar-refractivity contribution < 1.29 is 27.9 Å². The van der Waals surface area contributed by atoms with Crippen LogP contribution in [-0.2, 0) is 4.79 Å². The summed E-state index contributed by atoms with van der Waals surface area (Å²) in [4.78, 5) is 37.5. The number of aryl methyl sites for hydroxylation is 1. The van der Waals surface area contributed by atoms with Crippen molar-refractivity contribution in [2.45, 2.75) is 38.9 Å². The number of pyridine rings is 1. The first kappa shape index (κ1) is 23.8. The fraction of sp³-hybridized carbons (Fsp3) is 0.273. The summed E-state index contributed by atoms with van der Waals surface area (Å²) in [5.74, 6) is -2.98. The number of rotatable bonds is 4. The predicted molar refractivity (Wildman–Crippen MR) is 114 cm³/mol. The maximum absolute atomic E-state index is 12.5. The van der Waals surface area contributed by atoms with Crippen molar-refractivity contribution in [2.75, 3.05) is 5.32 Å². The molecule has 0 aliphatic heterocycles. The van der Waals surface area contributed by atoms with E-state index in [2.05, 4.69) is 10.3 Å². The molecule has 1 aliphatic carbocycles. The Balaban J connectivity index is 0.000000383. The van der Waals surface area contributed by atoms with E-state index in [-0.39, 0.29) is 17.5 Å². The van der Waals surface area contributed by atoms with Gasteiger partial charge in [0, 0.05) is 35.4 Å². The number of carboxylic acid groups (broad SMARTS) is 1. The third-order valence-electron chi connectivity index (χ3n) is 5.04. The molecular formula is C22H21F3N4O4. The van der Waals surface area contributed by atoms with Crippen LogP contribution < -0.4 is 10.9 Å². The molecule has 0 bridgehead atoms. The number of hydrogen-bond acceptors (Lipinski definition) is 4. The van der Waals surface area contributed by atoms with Crippen LogP contribution in [0.15, 0.2) is 53.7 Å². The van der Waals surface area contributed by atoms with Gasteiger partial charge < -0.3 is 19.6 Å². The number of carbonyl (C=O) groups excluding carboxylic acids is 1. The Morgan fingerprint density at radius 1 is 1.09 bits per heavy atom. The fourth-order valence-corrected chi connectivity index (χ4v) is 2.94. The molecule has 11 heteroatoms. The summed E-state index contributed by atoms with van der Waals surface area (Å²) in [6.45, 7) is 3.99. The van der Waals surface area contributed by atoms with Gasteiger partial charge in [0.25, 0.3) is 11.5 Å². The summed E-state index contributed by atoms with van der Waals surface area (Å²) < 4.78 is 35.4. The number of carbonyl (C=O) groups is 2. The highest BCUT2D eigenvalue weighted by atomic mass is 19.4. The lowest BCUT2D eigenvalue weighted by molar-refractivity contribution is -0.192. The van der Waals surface area contributed by atoms with E-state index in [9.17, 15) is 22.8 Å². The topological polar surface area (TPSA) is 106 Å². The lowest BCUT2D eigenvalue weighted by atomic mass is 10.2. The molecule has 2 aromatic heterocycles. The summed E-state index contributed by atoms with van der Waals surface area (Å²) in [5, 5.41) is 10.0. The van der Waals surface area contributed by atoms with Crippen molar-refractivity contribution >= 4 is 17.6 Å². The maximum Gasteiger partial charge on any atom is 0.490 e. The Kier molecular flexibility index (Phi) is 6.70. The predicted octanol–water partition coefficient (Wildman–Crippen LogP) is 3.87. The molecule has 0 radical (unpaired) electrons. The summed E-state index contributed by atoms with van der Waals surface area (Å²) in [6, 6.07) is 10.9. The molecule has 1 saturated carbocycles. The first-order chi connectivity index (χ1) is 15.5. The number of benzene rings is 1.